The fraction of sp³-hybridized carbons (Fsp3) is 0.500. The summed E-state index contributed by atoms with van der Waals surface area (Å²) in [6.07, 6.45) is -0.00305. The highest BCUT2D eigenvalue weighted by atomic mass is 16.6. The van der Waals surface area contributed by atoms with Crippen LogP contribution in [0.15, 0.2) is 18.2 Å². The van der Waals surface area contributed by atoms with E-state index in [1.165, 1.54) is 13.2 Å². The van der Waals surface area contributed by atoms with E-state index in [2.05, 4.69) is 5.32 Å². The van der Waals surface area contributed by atoms with Crippen molar-refractivity contribution in [2.45, 2.75) is 20.0 Å². The Kier molecular flexibility index (Phi) is 5.38. The third kappa shape index (κ3) is 3.89. The van der Waals surface area contributed by atoms with E-state index in [1.807, 2.05) is 13.8 Å². The third-order valence-electron chi connectivity index (χ3n) is 2.43. The van der Waals surface area contributed by atoms with Gasteiger partial charge in [0.1, 0.15) is 11.4 Å². The molecule has 6 heteroatoms. The molecular weight excluding hydrogens is 236 g/mol. The zero-order chi connectivity index (χ0) is 13.5. The first-order valence-corrected chi connectivity index (χ1v) is 5.76. The number of nitro groups is 1. The Morgan fingerprint density at radius 1 is 1.50 bits per heavy atom. The summed E-state index contributed by atoms with van der Waals surface area (Å²) in [4.78, 5) is 10.5. The molecule has 0 aliphatic heterocycles. The Bertz CT molecular complexity index is 409. The predicted octanol–water partition coefficient (Wildman–Crippen LogP) is 2.44. The average Bonchev–Trinajstić information content (AvgIpc) is 2.36. The fourth-order valence-corrected chi connectivity index (χ4v) is 1.54. The lowest BCUT2D eigenvalue weighted by atomic mass is 10.2. The van der Waals surface area contributed by atoms with Gasteiger partial charge in [0.15, 0.2) is 0 Å². The van der Waals surface area contributed by atoms with Crippen molar-refractivity contribution in [3.8, 4) is 5.75 Å². The lowest BCUT2D eigenvalue weighted by Crippen LogP contribution is -2.20. The summed E-state index contributed by atoms with van der Waals surface area (Å²) in [7, 11) is 1.48. The molecule has 0 aliphatic rings. The van der Waals surface area contributed by atoms with Crippen molar-refractivity contribution >= 4 is 11.4 Å². The summed E-state index contributed by atoms with van der Waals surface area (Å²) in [6.45, 7) is 4.95. The zero-order valence-electron chi connectivity index (χ0n) is 10.8. The maximum atomic E-state index is 10.9. The quantitative estimate of drug-likeness (QED) is 0.597. The standard InChI is InChI=1S/C12H18N2O4/c1-4-18-9(2)8-13-11-6-5-10(17-3)7-12(11)14(15)16/h5-7,9,13H,4,8H2,1-3H3. The summed E-state index contributed by atoms with van der Waals surface area (Å²) in [5.41, 5.74) is 0.463. The number of ether oxygens (including phenoxy) is 2. The van der Waals surface area contributed by atoms with E-state index in [4.69, 9.17) is 9.47 Å². The van der Waals surface area contributed by atoms with Gasteiger partial charge in [-0.25, -0.2) is 0 Å². The molecule has 0 aliphatic carbocycles. The molecule has 0 amide bonds. The van der Waals surface area contributed by atoms with E-state index >= 15 is 0 Å². The van der Waals surface area contributed by atoms with Crippen molar-refractivity contribution in [2.24, 2.45) is 0 Å². The van der Waals surface area contributed by atoms with Gasteiger partial charge < -0.3 is 14.8 Å². The molecule has 1 aromatic carbocycles. The molecular formula is C12H18N2O4. The number of rotatable bonds is 7. The number of hydrogen-bond donors (Lipinski definition) is 1. The molecule has 1 N–H and O–H groups in total. The van der Waals surface area contributed by atoms with Gasteiger partial charge in [0.25, 0.3) is 5.69 Å². The third-order valence-corrected chi connectivity index (χ3v) is 2.43. The molecule has 18 heavy (non-hydrogen) atoms. The first-order valence-electron chi connectivity index (χ1n) is 5.76. The molecule has 1 atom stereocenters. The minimum absolute atomic E-state index is 0.00181. The SMILES string of the molecule is CCOC(C)CNc1ccc(OC)cc1[N+](=O)[O-]. The molecule has 100 valence electrons. The van der Waals surface area contributed by atoms with Crippen LogP contribution in [0.25, 0.3) is 0 Å². The maximum Gasteiger partial charge on any atom is 0.296 e. The van der Waals surface area contributed by atoms with Gasteiger partial charge in [0, 0.05) is 13.2 Å². The molecule has 0 saturated heterocycles. The Morgan fingerprint density at radius 3 is 2.78 bits per heavy atom. The Hall–Kier alpha value is -1.82. The van der Waals surface area contributed by atoms with Gasteiger partial charge >= 0.3 is 0 Å². The number of anilines is 1. The molecule has 6 nitrogen and oxygen atoms in total. The van der Waals surface area contributed by atoms with Gasteiger partial charge in [-0.05, 0) is 26.0 Å². The highest BCUT2D eigenvalue weighted by Gasteiger charge is 2.15. The summed E-state index contributed by atoms with van der Waals surface area (Å²) < 4.78 is 10.3. The number of nitro benzene ring substituents is 1. The van der Waals surface area contributed by atoms with Crippen LogP contribution in [0.4, 0.5) is 11.4 Å². The van der Waals surface area contributed by atoms with Crippen LogP contribution in [-0.4, -0.2) is 31.3 Å². The van der Waals surface area contributed by atoms with Crippen molar-refractivity contribution in [3.05, 3.63) is 28.3 Å². The van der Waals surface area contributed by atoms with Gasteiger partial charge in [-0.1, -0.05) is 0 Å². The molecule has 0 heterocycles. The zero-order valence-corrected chi connectivity index (χ0v) is 10.8. The molecule has 0 aromatic heterocycles. The molecule has 0 spiro atoms. The second-order valence-corrected chi connectivity index (χ2v) is 3.79. The molecule has 1 aromatic rings. The minimum atomic E-state index is -0.434. The van der Waals surface area contributed by atoms with E-state index in [0.29, 0.717) is 24.6 Å². The summed E-state index contributed by atoms with van der Waals surface area (Å²) in [6, 6.07) is 4.71. The lowest BCUT2D eigenvalue weighted by Gasteiger charge is -2.13. The first-order chi connectivity index (χ1) is 8.58. The van der Waals surface area contributed by atoms with E-state index in [0.717, 1.165) is 0 Å². The minimum Gasteiger partial charge on any atom is -0.496 e. The van der Waals surface area contributed by atoms with Gasteiger partial charge in [0.05, 0.1) is 24.2 Å². The van der Waals surface area contributed by atoms with E-state index in [-0.39, 0.29) is 11.8 Å². The van der Waals surface area contributed by atoms with Crippen LogP contribution in [0, 0.1) is 10.1 Å². The van der Waals surface area contributed by atoms with Crippen LogP contribution in [-0.2, 0) is 4.74 Å². The smallest absolute Gasteiger partial charge is 0.296 e. The lowest BCUT2D eigenvalue weighted by molar-refractivity contribution is -0.384. The second-order valence-electron chi connectivity index (χ2n) is 3.79. The van der Waals surface area contributed by atoms with Gasteiger partial charge in [-0.3, -0.25) is 10.1 Å². The van der Waals surface area contributed by atoms with E-state index in [1.54, 1.807) is 12.1 Å². The number of methoxy groups -OCH3 is 1. The number of hydrogen-bond acceptors (Lipinski definition) is 5. The van der Waals surface area contributed by atoms with Crippen LogP contribution in [0.2, 0.25) is 0 Å². The highest BCUT2D eigenvalue weighted by Crippen LogP contribution is 2.28. The van der Waals surface area contributed by atoms with Gasteiger partial charge in [-0.2, -0.15) is 0 Å². The van der Waals surface area contributed by atoms with Crippen LogP contribution in [0.1, 0.15) is 13.8 Å². The molecule has 0 saturated carbocycles. The van der Waals surface area contributed by atoms with Gasteiger partial charge in [0.2, 0.25) is 0 Å². The number of nitrogens with one attached hydrogen (secondary N) is 1. The normalized spacial score (nSPS) is 11.9. The fourth-order valence-electron chi connectivity index (χ4n) is 1.54. The topological polar surface area (TPSA) is 73.6 Å². The Labute approximate surface area is 106 Å². The predicted molar refractivity (Wildman–Crippen MR) is 69.2 cm³/mol. The Morgan fingerprint density at radius 2 is 2.22 bits per heavy atom. The second kappa shape index (κ2) is 6.80. The molecule has 0 bridgehead atoms. The van der Waals surface area contributed by atoms with Crippen LogP contribution < -0.4 is 10.1 Å². The van der Waals surface area contributed by atoms with Crippen molar-refractivity contribution in [1.82, 2.24) is 0 Å². The van der Waals surface area contributed by atoms with Crippen molar-refractivity contribution < 1.29 is 14.4 Å². The molecule has 1 rings (SSSR count). The van der Waals surface area contributed by atoms with Crippen molar-refractivity contribution in [2.75, 3.05) is 25.6 Å². The average molecular weight is 254 g/mol. The van der Waals surface area contributed by atoms with Gasteiger partial charge in [-0.15, -0.1) is 0 Å². The molecule has 0 radical (unpaired) electrons. The van der Waals surface area contributed by atoms with Crippen molar-refractivity contribution in [3.63, 3.8) is 0 Å². The number of benzene rings is 1. The summed E-state index contributed by atoms with van der Waals surface area (Å²) >= 11 is 0. The summed E-state index contributed by atoms with van der Waals surface area (Å²) in [5, 5.41) is 13.9. The van der Waals surface area contributed by atoms with Crippen molar-refractivity contribution in [1.29, 1.82) is 0 Å². The first kappa shape index (κ1) is 14.2. The molecule has 0 fully saturated rings. The largest absolute Gasteiger partial charge is 0.496 e. The Balaban J connectivity index is 2.78. The molecule has 1 unspecified atom stereocenters. The highest BCUT2D eigenvalue weighted by molar-refractivity contribution is 5.63. The summed E-state index contributed by atoms with van der Waals surface area (Å²) in [5.74, 6) is 0.463. The van der Waals surface area contributed by atoms with E-state index < -0.39 is 4.92 Å². The van der Waals surface area contributed by atoms with Crippen LogP contribution in [0.3, 0.4) is 0 Å². The monoisotopic (exact) mass is 254 g/mol. The maximum absolute atomic E-state index is 10.9. The van der Waals surface area contributed by atoms with E-state index in [9.17, 15) is 10.1 Å². The van der Waals surface area contributed by atoms with Crippen LogP contribution >= 0.6 is 0 Å². The van der Waals surface area contributed by atoms with Crippen LogP contribution in [0.5, 0.6) is 5.75 Å². The number of nitrogens with zero attached hydrogens (tertiary/aromatic N) is 1.